The monoisotopic (exact) mass is 229 g/mol. The zero-order valence-corrected chi connectivity index (χ0v) is 11.0. The zero-order valence-electron chi connectivity index (χ0n) is 11.0. The molecule has 1 aromatic carbocycles. The first kappa shape index (κ1) is 12.4. The highest BCUT2D eigenvalue weighted by atomic mass is 15.2. The van der Waals surface area contributed by atoms with Gasteiger partial charge in [-0.05, 0) is 25.3 Å². The Labute approximate surface area is 105 Å². The molecule has 2 rings (SSSR count). The predicted molar refractivity (Wildman–Crippen MR) is 74.0 cm³/mol. The van der Waals surface area contributed by atoms with Crippen LogP contribution in [0.4, 0.5) is 0 Å². The van der Waals surface area contributed by atoms with Gasteiger partial charge >= 0.3 is 0 Å². The average Bonchev–Trinajstić information content (AvgIpc) is 2.40. The highest BCUT2D eigenvalue weighted by molar-refractivity contribution is 5.19. The Morgan fingerprint density at radius 2 is 2.00 bits per heavy atom. The van der Waals surface area contributed by atoms with E-state index in [1.165, 1.54) is 24.8 Å². The van der Waals surface area contributed by atoms with Crippen LogP contribution in [0.1, 0.15) is 44.7 Å². The summed E-state index contributed by atoms with van der Waals surface area (Å²) in [5.41, 5.74) is 1.43. The lowest BCUT2D eigenvalue weighted by molar-refractivity contribution is 0.145. The van der Waals surface area contributed by atoms with E-state index in [9.17, 15) is 0 Å². The lowest BCUT2D eigenvalue weighted by atomic mass is 9.98. The molecule has 0 amide bonds. The molecule has 0 aromatic heterocycles. The average molecular weight is 229 g/mol. The van der Waals surface area contributed by atoms with Gasteiger partial charge in [0.05, 0.1) is 0 Å². The lowest BCUT2D eigenvalue weighted by Crippen LogP contribution is -2.39. The van der Waals surface area contributed by atoms with Crippen molar-refractivity contribution in [3.05, 3.63) is 48.0 Å². The smallest absolute Gasteiger partial charge is 0.0326 e. The van der Waals surface area contributed by atoms with Crippen molar-refractivity contribution in [1.82, 2.24) is 4.90 Å². The molecule has 1 heteroatoms. The third-order valence-corrected chi connectivity index (χ3v) is 3.76. The van der Waals surface area contributed by atoms with E-state index in [0.717, 1.165) is 12.6 Å². The molecule has 0 N–H and O–H groups in total. The largest absolute Gasteiger partial charge is 0.290 e. The molecule has 0 radical (unpaired) electrons. The van der Waals surface area contributed by atoms with E-state index in [1.54, 1.807) is 0 Å². The molecule has 92 valence electrons. The van der Waals surface area contributed by atoms with Crippen molar-refractivity contribution >= 4 is 0 Å². The maximum absolute atomic E-state index is 2.64. The molecule has 0 spiro atoms. The van der Waals surface area contributed by atoms with Crippen LogP contribution in [-0.2, 0) is 0 Å². The van der Waals surface area contributed by atoms with Crippen LogP contribution < -0.4 is 0 Å². The molecule has 0 bridgehead atoms. The third-order valence-electron chi connectivity index (χ3n) is 3.76. The van der Waals surface area contributed by atoms with Gasteiger partial charge in [0, 0.05) is 18.6 Å². The highest BCUT2D eigenvalue weighted by Gasteiger charge is 2.24. The van der Waals surface area contributed by atoms with E-state index in [0.29, 0.717) is 6.04 Å². The molecule has 0 fully saturated rings. The van der Waals surface area contributed by atoms with Crippen molar-refractivity contribution in [3.8, 4) is 0 Å². The van der Waals surface area contributed by atoms with E-state index < -0.39 is 0 Å². The molecule has 1 heterocycles. The number of rotatable bonds is 4. The van der Waals surface area contributed by atoms with Gasteiger partial charge in [-0.2, -0.15) is 0 Å². The summed E-state index contributed by atoms with van der Waals surface area (Å²) in [4.78, 5) is 2.64. The quantitative estimate of drug-likeness (QED) is 0.700. The minimum absolute atomic E-state index is 0.526. The molecule has 1 aliphatic rings. The predicted octanol–water partition coefficient (Wildman–Crippen LogP) is 4.18. The number of hydrogen-bond acceptors (Lipinski definition) is 1. The van der Waals surface area contributed by atoms with Gasteiger partial charge in [-0.3, -0.25) is 4.90 Å². The van der Waals surface area contributed by atoms with E-state index >= 15 is 0 Å². The van der Waals surface area contributed by atoms with E-state index in [1.807, 2.05) is 0 Å². The molecule has 1 aromatic rings. The van der Waals surface area contributed by atoms with Gasteiger partial charge in [-0.25, -0.2) is 0 Å². The van der Waals surface area contributed by atoms with Gasteiger partial charge in [0.15, 0.2) is 0 Å². The summed E-state index contributed by atoms with van der Waals surface area (Å²) in [6, 6.07) is 12.1. The fraction of sp³-hybridized carbons (Fsp3) is 0.500. The number of nitrogens with zero attached hydrogens (tertiary/aromatic N) is 1. The Morgan fingerprint density at radius 1 is 1.24 bits per heavy atom. The first-order valence-electron chi connectivity index (χ1n) is 6.78. The van der Waals surface area contributed by atoms with Gasteiger partial charge in [-0.1, -0.05) is 55.8 Å². The molecular weight excluding hydrogens is 206 g/mol. The first-order chi connectivity index (χ1) is 8.33. The van der Waals surface area contributed by atoms with Crippen LogP contribution in [0.5, 0.6) is 0 Å². The van der Waals surface area contributed by atoms with Crippen LogP contribution in [-0.4, -0.2) is 17.5 Å². The van der Waals surface area contributed by atoms with Gasteiger partial charge in [0.25, 0.3) is 0 Å². The SMILES string of the molecule is CCC[C@@H]1CC=CCN1[C@H](C)c1ccccc1. The van der Waals surface area contributed by atoms with Crippen LogP contribution in [0, 0.1) is 0 Å². The second-order valence-electron chi connectivity index (χ2n) is 4.93. The van der Waals surface area contributed by atoms with Crippen LogP contribution in [0.2, 0.25) is 0 Å². The van der Waals surface area contributed by atoms with Crippen molar-refractivity contribution in [2.45, 2.75) is 45.2 Å². The summed E-state index contributed by atoms with van der Waals surface area (Å²) in [5, 5.41) is 0. The molecule has 2 atom stereocenters. The molecule has 0 saturated heterocycles. The fourth-order valence-corrected chi connectivity index (χ4v) is 2.75. The van der Waals surface area contributed by atoms with Crippen LogP contribution >= 0.6 is 0 Å². The zero-order chi connectivity index (χ0) is 12.1. The Hall–Kier alpha value is -1.08. The Kier molecular flexibility index (Phi) is 4.38. The van der Waals surface area contributed by atoms with Crippen molar-refractivity contribution in [2.75, 3.05) is 6.54 Å². The maximum atomic E-state index is 2.64. The summed E-state index contributed by atoms with van der Waals surface area (Å²) in [5.74, 6) is 0. The summed E-state index contributed by atoms with van der Waals surface area (Å²) >= 11 is 0. The van der Waals surface area contributed by atoms with Gasteiger partial charge in [0.2, 0.25) is 0 Å². The Morgan fingerprint density at radius 3 is 2.71 bits per heavy atom. The Bertz CT molecular complexity index is 355. The summed E-state index contributed by atoms with van der Waals surface area (Å²) < 4.78 is 0. The molecular formula is C16H23N. The lowest BCUT2D eigenvalue weighted by Gasteiger charge is -2.37. The van der Waals surface area contributed by atoms with E-state index in [-0.39, 0.29) is 0 Å². The molecule has 0 aliphatic carbocycles. The Balaban J connectivity index is 2.11. The fourth-order valence-electron chi connectivity index (χ4n) is 2.75. The van der Waals surface area contributed by atoms with Crippen molar-refractivity contribution in [2.24, 2.45) is 0 Å². The minimum Gasteiger partial charge on any atom is -0.290 e. The van der Waals surface area contributed by atoms with Crippen LogP contribution in [0.3, 0.4) is 0 Å². The van der Waals surface area contributed by atoms with Crippen molar-refractivity contribution < 1.29 is 0 Å². The third kappa shape index (κ3) is 2.98. The minimum atomic E-state index is 0.526. The summed E-state index contributed by atoms with van der Waals surface area (Å²) in [7, 11) is 0. The summed E-state index contributed by atoms with van der Waals surface area (Å²) in [6.45, 7) is 5.71. The van der Waals surface area contributed by atoms with Gasteiger partial charge in [-0.15, -0.1) is 0 Å². The van der Waals surface area contributed by atoms with E-state index in [4.69, 9.17) is 0 Å². The maximum Gasteiger partial charge on any atom is 0.0326 e. The molecule has 17 heavy (non-hydrogen) atoms. The van der Waals surface area contributed by atoms with Crippen LogP contribution in [0.25, 0.3) is 0 Å². The summed E-state index contributed by atoms with van der Waals surface area (Å²) in [6.07, 6.45) is 8.45. The van der Waals surface area contributed by atoms with Crippen LogP contribution in [0.15, 0.2) is 42.5 Å². The normalized spacial score (nSPS) is 22.6. The van der Waals surface area contributed by atoms with E-state index in [2.05, 4.69) is 61.2 Å². The molecule has 1 aliphatic heterocycles. The standard InChI is InChI=1S/C16H23N/c1-3-9-16-12-7-8-13-17(16)14(2)15-10-5-4-6-11-15/h4-8,10-11,14,16H,3,9,12-13H2,1-2H3/t14-,16-/m1/s1. The van der Waals surface area contributed by atoms with Crippen molar-refractivity contribution in [1.29, 1.82) is 0 Å². The second kappa shape index (κ2) is 6.02. The van der Waals surface area contributed by atoms with Gasteiger partial charge < -0.3 is 0 Å². The number of benzene rings is 1. The first-order valence-corrected chi connectivity index (χ1v) is 6.78. The van der Waals surface area contributed by atoms with Crippen molar-refractivity contribution in [3.63, 3.8) is 0 Å². The molecule has 1 nitrogen and oxygen atoms in total. The topological polar surface area (TPSA) is 3.24 Å². The highest BCUT2D eigenvalue weighted by Crippen LogP contribution is 2.27. The number of hydrogen-bond donors (Lipinski definition) is 0. The van der Waals surface area contributed by atoms with Gasteiger partial charge in [0.1, 0.15) is 0 Å². The molecule has 0 unspecified atom stereocenters. The molecule has 0 saturated carbocycles. The second-order valence-corrected chi connectivity index (χ2v) is 4.93.